The Balaban J connectivity index is 2.01. The van der Waals surface area contributed by atoms with Crippen LogP contribution in [0, 0.1) is 11.3 Å². The molecule has 2 aliphatic rings. The van der Waals surface area contributed by atoms with Crippen molar-refractivity contribution in [3.63, 3.8) is 0 Å². The van der Waals surface area contributed by atoms with E-state index in [1.807, 2.05) is 18.7 Å². The normalized spacial score (nSPS) is 19.3. The Morgan fingerprint density at radius 2 is 1.74 bits per heavy atom. The molecule has 0 atom stereocenters. The van der Waals surface area contributed by atoms with Crippen LogP contribution in [0.4, 0.5) is 0 Å². The summed E-state index contributed by atoms with van der Waals surface area (Å²) >= 11 is 0. The zero-order chi connectivity index (χ0) is 14.0. The molecule has 0 spiro atoms. The molecule has 2 saturated carbocycles. The molecule has 1 N–H and O–H groups in total. The smallest absolute Gasteiger partial charge is 0.310 e. The predicted molar refractivity (Wildman–Crippen MR) is 72.7 cm³/mol. The fourth-order valence-corrected chi connectivity index (χ4v) is 2.69. The van der Waals surface area contributed by atoms with Gasteiger partial charge < -0.3 is 10.0 Å². The molecular weight excluding hydrogens is 242 g/mol. The van der Waals surface area contributed by atoms with Gasteiger partial charge in [0.2, 0.25) is 5.91 Å². The van der Waals surface area contributed by atoms with Crippen LogP contribution in [-0.2, 0) is 9.59 Å². The SMILES string of the molecule is CCC(CC)(CC(=O)N(CC1CC1)C1CC1)C(=O)O. The quantitative estimate of drug-likeness (QED) is 0.735. The lowest BCUT2D eigenvalue weighted by Gasteiger charge is -2.30. The topological polar surface area (TPSA) is 57.6 Å². The van der Waals surface area contributed by atoms with Crippen LogP contribution in [0.15, 0.2) is 0 Å². The molecule has 0 bridgehead atoms. The summed E-state index contributed by atoms with van der Waals surface area (Å²) in [5.41, 5.74) is -0.867. The van der Waals surface area contributed by atoms with E-state index in [0.717, 1.165) is 19.4 Å². The molecule has 4 heteroatoms. The Kier molecular flexibility index (Phi) is 4.16. The summed E-state index contributed by atoms with van der Waals surface area (Å²) in [5.74, 6) is -0.0967. The number of hydrogen-bond acceptors (Lipinski definition) is 2. The summed E-state index contributed by atoms with van der Waals surface area (Å²) in [6.07, 6.45) is 5.84. The zero-order valence-electron chi connectivity index (χ0n) is 12.0. The zero-order valence-corrected chi connectivity index (χ0v) is 12.0. The lowest BCUT2D eigenvalue weighted by atomic mass is 9.79. The highest BCUT2D eigenvalue weighted by Gasteiger charge is 2.42. The van der Waals surface area contributed by atoms with Gasteiger partial charge >= 0.3 is 5.97 Å². The molecule has 0 aromatic heterocycles. The van der Waals surface area contributed by atoms with Gasteiger partial charge in [0, 0.05) is 19.0 Å². The number of rotatable bonds is 8. The van der Waals surface area contributed by atoms with Crippen molar-refractivity contribution in [2.45, 2.75) is 64.8 Å². The predicted octanol–water partition coefficient (Wildman–Crippen LogP) is 2.67. The molecule has 0 radical (unpaired) electrons. The molecule has 0 heterocycles. The van der Waals surface area contributed by atoms with Crippen molar-refractivity contribution >= 4 is 11.9 Å². The first-order valence-electron chi connectivity index (χ1n) is 7.55. The summed E-state index contributed by atoms with van der Waals surface area (Å²) in [6, 6.07) is 0.397. The van der Waals surface area contributed by atoms with E-state index in [0.29, 0.717) is 24.8 Å². The third-order valence-corrected chi connectivity index (χ3v) is 4.76. The Morgan fingerprint density at radius 1 is 1.16 bits per heavy atom. The Hall–Kier alpha value is -1.06. The summed E-state index contributed by atoms with van der Waals surface area (Å²) in [4.78, 5) is 26.0. The largest absolute Gasteiger partial charge is 0.481 e. The van der Waals surface area contributed by atoms with Gasteiger partial charge in [-0.1, -0.05) is 13.8 Å². The van der Waals surface area contributed by atoms with Crippen LogP contribution in [0.25, 0.3) is 0 Å². The number of carboxylic acids is 1. The molecule has 19 heavy (non-hydrogen) atoms. The van der Waals surface area contributed by atoms with Crippen molar-refractivity contribution < 1.29 is 14.7 Å². The van der Waals surface area contributed by atoms with Crippen LogP contribution < -0.4 is 0 Å². The molecule has 0 aromatic carbocycles. The summed E-state index contributed by atoms with van der Waals surface area (Å²) in [7, 11) is 0. The number of hydrogen-bond donors (Lipinski definition) is 1. The fraction of sp³-hybridized carbons (Fsp3) is 0.867. The van der Waals surface area contributed by atoms with Crippen molar-refractivity contribution in [1.29, 1.82) is 0 Å². The van der Waals surface area contributed by atoms with E-state index < -0.39 is 11.4 Å². The molecule has 1 amide bonds. The van der Waals surface area contributed by atoms with E-state index in [1.54, 1.807) is 0 Å². The molecule has 0 aliphatic heterocycles. The lowest BCUT2D eigenvalue weighted by Crippen LogP contribution is -2.41. The molecule has 0 aromatic rings. The van der Waals surface area contributed by atoms with Crippen LogP contribution in [-0.4, -0.2) is 34.5 Å². The minimum absolute atomic E-state index is 0.0560. The Morgan fingerprint density at radius 3 is 2.11 bits per heavy atom. The molecule has 2 aliphatic carbocycles. The molecule has 2 fully saturated rings. The molecule has 4 nitrogen and oxygen atoms in total. The summed E-state index contributed by atoms with van der Waals surface area (Å²) < 4.78 is 0. The van der Waals surface area contributed by atoms with Crippen LogP contribution >= 0.6 is 0 Å². The van der Waals surface area contributed by atoms with Crippen molar-refractivity contribution in [1.82, 2.24) is 4.90 Å². The Labute approximate surface area is 115 Å². The maximum absolute atomic E-state index is 12.5. The third kappa shape index (κ3) is 3.28. The second-order valence-electron chi connectivity index (χ2n) is 6.19. The second-order valence-corrected chi connectivity index (χ2v) is 6.19. The van der Waals surface area contributed by atoms with Crippen LogP contribution in [0.3, 0.4) is 0 Å². The summed E-state index contributed by atoms with van der Waals surface area (Å²) in [5, 5.41) is 9.43. The van der Waals surface area contributed by atoms with Gasteiger partial charge in [-0.05, 0) is 44.4 Å². The first-order valence-corrected chi connectivity index (χ1v) is 7.55. The highest BCUT2D eigenvalue weighted by molar-refractivity contribution is 5.85. The number of carbonyl (C=O) groups excluding carboxylic acids is 1. The molecule has 2 rings (SSSR count). The molecule has 0 unspecified atom stereocenters. The van der Waals surface area contributed by atoms with Gasteiger partial charge in [0.15, 0.2) is 0 Å². The second kappa shape index (κ2) is 5.51. The first kappa shape index (κ1) is 14.4. The van der Waals surface area contributed by atoms with Crippen molar-refractivity contribution in [2.75, 3.05) is 6.54 Å². The molecule has 0 saturated heterocycles. The maximum atomic E-state index is 12.5. The molecule has 108 valence electrons. The molecular formula is C15H25NO3. The van der Waals surface area contributed by atoms with Gasteiger partial charge in [0.05, 0.1) is 5.41 Å². The number of carboxylic acid groups (broad SMARTS) is 1. The highest BCUT2D eigenvalue weighted by Crippen LogP contribution is 2.38. The third-order valence-electron chi connectivity index (χ3n) is 4.76. The lowest BCUT2D eigenvalue weighted by molar-refractivity contribution is -0.154. The minimum Gasteiger partial charge on any atom is -0.481 e. The van der Waals surface area contributed by atoms with Crippen molar-refractivity contribution in [3.8, 4) is 0 Å². The van der Waals surface area contributed by atoms with E-state index in [9.17, 15) is 14.7 Å². The van der Waals surface area contributed by atoms with E-state index >= 15 is 0 Å². The van der Waals surface area contributed by atoms with Crippen molar-refractivity contribution in [3.05, 3.63) is 0 Å². The van der Waals surface area contributed by atoms with Gasteiger partial charge in [0.1, 0.15) is 0 Å². The van der Waals surface area contributed by atoms with Crippen molar-refractivity contribution in [2.24, 2.45) is 11.3 Å². The minimum atomic E-state index is -0.867. The first-order chi connectivity index (χ1) is 9.02. The van der Waals surface area contributed by atoms with Gasteiger partial charge in [-0.3, -0.25) is 9.59 Å². The van der Waals surface area contributed by atoms with E-state index in [2.05, 4.69) is 0 Å². The van der Waals surface area contributed by atoms with E-state index in [1.165, 1.54) is 12.8 Å². The van der Waals surface area contributed by atoms with Gasteiger partial charge in [0.25, 0.3) is 0 Å². The highest BCUT2D eigenvalue weighted by atomic mass is 16.4. The average Bonchev–Trinajstić information content (AvgIpc) is 3.26. The summed E-state index contributed by atoms with van der Waals surface area (Å²) in [6.45, 7) is 4.59. The van der Waals surface area contributed by atoms with Gasteiger partial charge in [-0.25, -0.2) is 0 Å². The number of carbonyl (C=O) groups is 2. The van der Waals surface area contributed by atoms with Gasteiger partial charge in [-0.2, -0.15) is 0 Å². The maximum Gasteiger partial charge on any atom is 0.310 e. The number of amides is 1. The van der Waals surface area contributed by atoms with Gasteiger partial charge in [-0.15, -0.1) is 0 Å². The van der Waals surface area contributed by atoms with E-state index in [4.69, 9.17) is 0 Å². The number of aliphatic carboxylic acids is 1. The van der Waals surface area contributed by atoms with Crippen LogP contribution in [0.2, 0.25) is 0 Å². The average molecular weight is 267 g/mol. The Bertz CT molecular complexity index is 354. The monoisotopic (exact) mass is 267 g/mol. The van der Waals surface area contributed by atoms with E-state index in [-0.39, 0.29) is 12.3 Å². The van der Waals surface area contributed by atoms with Crippen LogP contribution in [0.5, 0.6) is 0 Å². The standard InChI is InChI=1S/C15H25NO3/c1-3-15(4-2,14(18)19)9-13(17)16(12-7-8-12)10-11-5-6-11/h11-12H,3-10H2,1-2H3,(H,18,19). The fourth-order valence-electron chi connectivity index (χ4n) is 2.69. The number of nitrogens with zero attached hydrogens (tertiary/aromatic N) is 1. The van der Waals surface area contributed by atoms with Crippen LogP contribution in [0.1, 0.15) is 58.8 Å².